The Hall–Kier alpha value is -1.71. The van der Waals surface area contributed by atoms with Crippen molar-refractivity contribution in [3.8, 4) is 11.5 Å². The molecule has 0 heterocycles. The Bertz CT molecular complexity index is 427. The average Bonchev–Trinajstić information content (AvgIpc) is 2.29. The van der Waals surface area contributed by atoms with Crippen LogP contribution in [0.2, 0.25) is 0 Å². The van der Waals surface area contributed by atoms with Gasteiger partial charge >= 0.3 is 0 Å². The lowest BCUT2D eigenvalue weighted by molar-refractivity contribution is -0.114. The van der Waals surface area contributed by atoms with E-state index in [1.807, 2.05) is 0 Å². The smallest absolute Gasteiger partial charge is 0.221 e. The highest BCUT2D eigenvalue weighted by atomic mass is 16.5. The van der Waals surface area contributed by atoms with Crippen LogP contribution in [0.15, 0.2) is 18.2 Å². The van der Waals surface area contributed by atoms with Gasteiger partial charge in [0, 0.05) is 13.0 Å². The summed E-state index contributed by atoms with van der Waals surface area (Å²) < 4.78 is 5.70. The van der Waals surface area contributed by atoms with Crippen LogP contribution < -0.4 is 10.1 Å². The standard InChI is InChI=1S/C14H21NO3/c1-5-14(3,4)9-18-13-8-11(17)6-7-12(13)15-10(2)16/h6-8,17H,5,9H2,1-4H3,(H,15,16). The Morgan fingerprint density at radius 3 is 2.67 bits per heavy atom. The molecule has 1 amide bonds. The van der Waals surface area contributed by atoms with Gasteiger partial charge in [-0.2, -0.15) is 0 Å². The summed E-state index contributed by atoms with van der Waals surface area (Å²) in [6.45, 7) is 8.27. The normalized spacial score (nSPS) is 11.1. The number of nitrogens with one attached hydrogen (secondary N) is 1. The molecule has 4 heteroatoms. The first kappa shape index (κ1) is 14.4. The molecule has 18 heavy (non-hydrogen) atoms. The van der Waals surface area contributed by atoms with Crippen molar-refractivity contribution in [1.82, 2.24) is 0 Å². The van der Waals surface area contributed by atoms with Crippen LogP contribution in [-0.2, 0) is 4.79 Å². The molecule has 0 saturated heterocycles. The third kappa shape index (κ3) is 4.28. The Morgan fingerprint density at radius 1 is 1.44 bits per heavy atom. The summed E-state index contributed by atoms with van der Waals surface area (Å²) in [6, 6.07) is 4.66. The number of hydrogen-bond acceptors (Lipinski definition) is 3. The first-order chi connectivity index (χ1) is 8.34. The van der Waals surface area contributed by atoms with Crippen LogP contribution in [-0.4, -0.2) is 17.6 Å². The molecule has 0 spiro atoms. The van der Waals surface area contributed by atoms with E-state index in [9.17, 15) is 9.90 Å². The summed E-state index contributed by atoms with van der Waals surface area (Å²) in [4.78, 5) is 11.1. The highest BCUT2D eigenvalue weighted by Crippen LogP contribution is 2.31. The Morgan fingerprint density at radius 2 is 2.11 bits per heavy atom. The average molecular weight is 251 g/mol. The molecule has 1 rings (SSSR count). The van der Waals surface area contributed by atoms with E-state index in [1.165, 1.54) is 19.1 Å². The summed E-state index contributed by atoms with van der Waals surface area (Å²) in [5, 5.41) is 12.1. The van der Waals surface area contributed by atoms with Gasteiger partial charge in [-0.3, -0.25) is 4.79 Å². The molecule has 1 aromatic carbocycles. The number of hydrogen-bond donors (Lipinski definition) is 2. The first-order valence-corrected chi connectivity index (χ1v) is 6.07. The van der Waals surface area contributed by atoms with Crippen molar-refractivity contribution in [1.29, 1.82) is 0 Å². The number of rotatable bonds is 5. The Kier molecular flexibility index (Phi) is 4.59. The second-order valence-electron chi connectivity index (χ2n) is 5.17. The summed E-state index contributed by atoms with van der Waals surface area (Å²) in [6.07, 6.45) is 0.987. The van der Waals surface area contributed by atoms with Gasteiger partial charge in [-0.1, -0.05) is 20.8 Å². The Labute approximate surface area is 108 Å². The molecule has 0 aromatic heterocycles. The number of phenols is 1. The molecule has 0 radical (unpaired) electrons. The number of phenolic OH excluding ortho intramolecular Hbond substituents is 1. The fourth-order valence-corrected chi connectivity index (χ4v) is 1.30. The molecule has 0 unspecified atom stereocenters. The van der Waals surface area contributed by atoms with Gasteiger partial charge in [0.2, 0.25) is 5.91 Å². The van der Waals surface area contributed by atoms with Gasteiger partial charge in [-0.15, -0.1) is 0 Å². The van der Waals surface area contributed by atoms with Crippen LogP contribution in [0.4, 0.5) is 5.69 Å². The molecule has 4 nitrogen and oxygen atoms in total. The van der Waals surface area contributed by atoms with E-state index >= 15 is 0 Å². The van der Waals surface area contributed by atoms with Gasteiger partial charge in [-0.25, -0.2) is 0 Å². The SMILES string of the molecule is CCC(C)(C)COc1cc(O)ccc1NC(C)=O. The molecular formula is C14H21NO3. The number of carbonyl (C=O) groups is 1. The maximum Gasteiger partial charge on any atom is 0.221 e. The molecular weight excluding hydrogens is 230 g/mol. The summed E-state index contributed by atoms with van der Waals surface area (Å²) in [5.41, 5.74) is 0.631. The van der Waals surface area contributed by atoms with E-state index < -0.39 is 0 Å². The van der Waals surface area contributed by atoms with E-state index in [1.54, 1.807) is 6.07 Å². The van der Waals surface area contributed by atoms with E-state index in [2.05, 4.69) is 26.1 Å². The van der Waals surface area contributed by atoms with Gasteiger partial charge in [0.1, 0.15) is 11.5 Å². The van der Waals surface area contributed by atoms with Gasteiger partial charge in [-0.05, 0) is 24.0 Å². The highest BCUT2D eigenvalue weighted by Gasteiger charge is 2.17. The van der Waals surface area contributed by atoms with E-state index in [0.29, 0.717) is 18.0 Å². The predicted molar refractivity (Wildman–Crippen MR) is 72.0 cm³/mol. The molecule has 0 atom stereocenters. The zero-order chi connectivity index (χ0) is 13.8. The lowest BCUT2D eigenvalue weighted by atomic mass is 9.92. The van der Waals surface area contributed by atoms with E-state index in [4.69, 9.17) is 4.74 Å². The molecule has 0 bridgehead atoms. The second kappa shape index (κ2) is 5.76. The minimum absolute atomic E-state index is 0.0545. The summed E-state index contributed by atoms with van der Waals surface area (Å²) >= 11 is 0. The van der Waals surface area contributed by atoms with Crippen molar-refractivity contribution in [3.63, 3.8) is 0 Å². The fraction of sp³-hybridized carbons (Fsp3) is 0.500. The third-order valence-electron chi connectivity index (χ3n) is 2.85. The van der Waals surface area contributed by atoms with Crippen molar-refractivity contribution >= 4 is 11.6 Å². The molecule has 0 aliphatic rings. The highest BCUT2D eigenvalue weighted by molar-refractivity contribution is 5.90. The summed E-state index contributed by atoms with van der Waals surface area (Å²) in [5.74, 6) is 0.445. The third-order valence-corrected chi connectivity index (χ3v) is 2.85. The van der Waals surface area contributed by atoms with Crippen LogP contribution in [0.5, 0.6) is 11.5 Å². The molecule has 0 aliphatic carbocycles. The van der Waals surface area contributed by atoms with E-state index in [-0.39, 0.29) is 17.1 Å². The molecule has 0 aliphatic heterocycles. The van der Waals surface area contributed by atoms with E-state index in [0.717, 1.165) is 6.42 Å². The predicted octanol–water partition coefficient (Wildman–Crippen LogP) is 3.17. The second-order valence-corrected chi connectivity index (χ2v) is 5.17. The topological polar surface area (TPSA) is 58.6 Å². The molecule has 0 fully saturated rings. The zero-order valence-electron chi connectivity index (χ0n) is 11.4. The minimum Gasteiger partial charge on any atom is -0.508 e. The number of ether oxygens (including phenoxy) is 1. The van der Waals surface area contributed by atoms with Crippen molar-refractivity contribution in [2.45, 2.75) is 34.1 Å². The number of anilines is 1. The lowest BCUT2D eigenvalue weighted by Crippen LogP contribution is -2.20. The van der Waals surface area contributed by atoms with Crippen LogP contribution in [0.1, 0.15) is 34.1 Å². The van der Waals surface area contributed by atoms with Crippen LogP contribution in [0, 0.1) is 5.41 Å². The number of benzene rings is 1. The van der Waals surface area contributed by atoms with Crippen molar-refractivity contribution in [2.24, 2.45) is 5.41 Å². The maximum absolute atomic E-state index is 11.1. The maximum atomic E-state index is 11.1. The summed E-state index contributed by atoms with van der Waals surface area (Å²) in [7, 11) is 0. The molecule has 0 saturated carbocycles. The number of carbonyl (C=O) groups excluding carboxylic acids is 1. The molecule has 100 valence electrons. The van der Waals surface area contributed by atoms with Crippen molar-refractivity contribution in [3.05, 3.63) is 18.2 Å². The van der Waals surface area contributed by atoms with Gasteiger partial charge in [0.15, 0.2) is 0 Å². The van der Waals surface area contributed by atoms with Gasteiger partial charge in [0.25, 0.3) is 0 Å². The first-order valence-electron chi connectivity index (χ1n) is 6.07. The van der Waals surface area contributed by atoms with Crippen LogP contribution in [0.25, 0.3) is 0 Å². The van der Waals surface area contributed by atoms with Crippen molar-refractivity contribution in [2.75, 3.05) is 11.9 Å². The van der Waals surface area contributed by atoms with Crippen LogP contribution in [0.3, 0.4) is 0 Å². The van der Waals surface area contributed by atoms with Crippen LogP contribution >= 0.6 is 0 Å². The number of amides is 1. The Balaban J connectivity index is 2.85. The lowest BCUT2D eigenvalue weighted by Gasteiger charge is -2.23. The van der Waals surface area contributed by atoms with Gasteiger partial charge in [0.05, 0.1) is 12.3 Å². The monoisotopic (exact) mass is 251 g/mol. The molecule has 1 aromatic rings. The quantitative estimate of drug-likeness (QED) is 0.790. The fourth-order valence-electron chi connectivity index (χ4n) is 1.30. The number of aromatic hydroxyl groups is 1. The zero-order valence-corrected chi connectivity index (χ0v) is 11.4. The largest absolute Gasteiger partial charge is 0.508 e. The van der Waals surface area contributed by atoms with Crippen molar-refractivity contribution < 1.29 is 14.6 Å². The van der Waals surface area contributed by atoms with Gasteiger partial charge < -0.3 is 15.2 Å². The molecule has 2 N–H and O–H groups in total. The minimum atomic E-state index is -0.166.